The smallest absolute Gasteiger partial charge is 0.244 e. The zero-order valence-electron chi connectivity index (χ0n) is 15.4. The number of nitrogens with two attached hydrogens (primary N) is 1. The third-order valence-electron chi connectivity index (χ3n) is 5.85. The lowest BCUT2D eigenvalue weighted by Crippen LogP contribution is -2.49. The summed E-state index contributed by atoms with van der Waals surface area (Å²) in [6.07, 6.45) is 8.31. The molecule has 2 heterocycles. The predicted octanol–water partition coefficient (Wildman–Crippen LogP) is 3.12. The number of benzene rings is 1. The normalized spacial score (nSPS) is 18.3. The molecule has 2 aromatic rings. The summed E-state index contributed by atoms with van der Waals surface area (Å²) in [7, 11) is 0. The van der Waals surface area contributed by atoms with E-state index in [4.69, 9.17) is 5.73 Å². The quantitative estimate of drug-likeness (QED) is 0.822. The predicted molar refractivity (Wildman–Crippen MR) is 112 cm³/mol. The van der Waals surface area contributed by atoms with Crippen LogP contribution in [-0.2, 0) is 16.8 Å². The Bertz CT molecular complexity index is 737. The average molecular weight is 411 g/mol. The van der Waals surface area contributed by atoms with Crippen LogP contribution in [0.5, 0.6) is 0 Å². The van der Waals surface area contributed by atoms with Crippen LogP contribution in [0.15, 0.2) is 42.7 Å². The van der Waals surface area contributed by atoms with Crippen molar-refractivity contribution in [3.05, 3.63) is 53.9 Å². The number of hydrogen-bond acceptors (Lipinski definition) is 3. The van der Waals surface area contributed by atoms with E-state index in [1.54, 1.807) is 4.68 Å². The third kappa shape index (κ3) is 4.65. The molecule has 1 aromatic carbocycles. The molecule has 7 heteroatoms. The molecule has 1 saturated heterocycles. The van der Waals surface area contributed by atoms with Crippen LogP contribution in [0.25, 0.3) is 0 Å². The number of piperidine rings is 1. The summed E-state index contributed by atoms with van der Waals surface area (Å²) in [6.45, 7) is 2.50. The van der Waals surface area contributed by atoms with Crippen molar-refractivity contribution in [2.75, 3.05) is 19.6 Å². The highest BCUT2D eigenvalue weighted by molar-refractivity contribution is 5.85. The minimum absolute atomic E-state index is 0. The standard InChI is InChI=1S/C20H26N4O.2ClH/c21-15-20(18-4-2-1-3-5-18)8-10-23(11-9-20)19(25)14-24-13-17(12-22-24)16-6-7-16;;/h1-5,12-13,16H,6-11,14-15,21H2;2*1H. The number of amides is 1. The molecule has 1 aliphatic heterocycles. The Morgan fingerprint density at radius 1 is 1.15 bits per heavy atom. The third-order valence-corrected chi connectivity index (χ3v) is 5.85. The van der Waals surface area contributed by atoms with Gasteiger partial charge in [-0.1, -0.05) is 30.3 Å². The summed E-state index contributed by atoms with van der Waals surface area (Å²) in [4.78, 5) is 14.6. The minimum Gasteiger partial charge on any atom is -0.341 e. The van der Waals surface area contributed by atoms with Crippen molar-refractivity contribution in [3.63, 3.8) is 0 Å². The zero-order valence-corrected chi connectivity index (χ0v) is 17.1. The number of nitrogens with zero attached hydrogens (tertiary/aromatic N) is 3. The van der Waals surface area contributed by atoms with Gasteiger partial charge in [0.25, 0.3) is 0 Å². The van der Waals surface area contributed by atoms with Gasteiger partial charge in [-0.3, -0.25) is 9.48 Å². The largest absolute Gasteiger partial charge is 0.341 e. The Morgan fingerprint density at radius 3 is 2.41 bits per heavy atom. The van der Waals surface area contributed by atoms with Gasteiger partial charge in [0.1, 0.15) is 6.54 Å². The number of hydrogen-bond donors (Lipinski definition) is 1. The van der Waals surface area contributed by atoms with Gasteiger partial charge in [0, 0.05) is 31.2 Å². The number of aromatic nitrogens is 2. The minimum atomic E-state index is 0. The van der Waals surface area contributed by atoms with Crippen LogP contribution in [0.4, 0.5) is 0 Å². The lowest BCUT2D eigenvalue weighted by molar-refractivity contribution is -0.133. The summed E-state index contributed by atoms with van der Waals surface area (Å²) in [5.41, 5.74) is 8.71. The zero-order chi connectivity index (χ0) is 17.3. The molecule has 0 radical (unpaired) electrons. The van der Waals surface area contributed by atoms with Gasteiger partial charge in [-0.2, -0.15) is 5.10 Å². The maximum Gasteiger partial charge on any atom is 0.244 e. The lowest BCUT2D eigenvalue weighted by Gasteiger charge is -2.41. The molecule has 1 saturated carbocycles. The lowest BCUT2D eigenvalue weighted by atomic mass is 9.73. The Labute approximate surface area is 173 Å². The number of carbonyl (C=O) groups is 1. The van der Waals surface area contributed by atoms with E-state index < -0.39 is 0 Å². The number of rotatable bonds is 5. The molecule has 4 rings (SSSR count). The summed E-state index contributed by atoms with van der Waals surface area (Å²) in [5.74, 6) is 0.832. The monoisotopic (exact) mass is 410 g/mol. The molecule has 27 heavy (non-hydrogen) atoms. The topological polar surface area (TPSA) is 64.2 Å². The molecule has 148 valence electrons. The second-order valence-corrected chi connectivity index (χ2v) is 7.48. The molecule has 5 nitrogen and oxygen atoms in total. The molecular formula is C20H28Cl2N4O. The average Bonchev–Trinajstić information content (AvgIpc) is 3.42. The van der Waals surface area contributed by atoms with E-state index >= 15 is 0 Å². The van der Waals surface area contributed by atoms with Gasteiger partial charge < -0.3 is 10.6 Å². The first-order valence-corrected chi connectivity index (χ1v) is 9.26. The molecule has 1 aromatic heterocycles. The van der Waals surface area contributed by atoms with Crippen LogP contribution >= 0.6 is 24.8 Å². The second-order valence-electron chi connectivity index (χ2n) is 7.48. The maximum atomic E-state index is 12.6. The summed E-state index contributed by atoms with van der Waals surface area (Å²) in [5, 5.41) is 4.35. The fraction of sp³-hybridized carbons (Fsp3) is 0.500. The van der Waals surface area contributed by atoms with Crippen LogP contribution in [0, 0.1) is 0 Å². The van der Waals surface area contributed by atoms with E-state index in [9.17, 15) is 4.79 Å². The molecule has 2 N–H and O–H groups in total. The van der Waals surface area contributed by atoms with Gasteiger partial charge in [0.15, 0.2) is 0 Å². The van der Waals surface area contributed by atoms with Crippen molar-refractivity contribution in [2.45, 2.75) is 43.6 Å². The van der Waals surface area contributed by atoms with Gasteiger partial charge in [-0.25, -0.2) is 0 Å². The van der Waals surface area contributed by atoms with Crippen molar-refractivity contribution in [3.8, 4) is 0 Å². The first-order valence-electron chi connectivity index (χ1n) is 9.26. The first-order chi connectivity index (χ1) is 12.2. The Kier molecular flexibility index (Phi) is 7.32. The maximum absolute atomic E-state index is 12.6. The second kappa shape index (κ2) is 9.09. The molecule has 1 aliphatic carbocycles. The molecule has 2 aliphatic rings. The van der Waals surface area contributed by atoms with Gasteiger partial charge >= 0.3 is 0 Å². The Balaban J connectivity index is 0.00000131. The Morgan fingerprint density at radius 2 is 1.81 bits per heavy atom. The highest BCUT2D eigenvalue weighted by Gasteiger charge is 2.36. The van der Waals surface area contributed by atoms with E-state index in [-0.39, 0.29) is 36.1 Å². The van der Waals surface area contributed by atoms with Crippen molar-refractivity contribution >= 4 is 30.7 Å². The van der Waals surface area contributed by atoms with E-state index in [1.807, 2.05) is 23.4 Å². The SMILES string of the molecule is Cl.Cl.NCC1(c2ccccc2)CCN(C(=O)Cn2cc(C3CC3)cn2)CC1. The summed E-state index contributed by atoms with van der Waals surface area (Å²) in [6, 6.07) is 10.5. The fourth-order valence-corrected chi connectivity index (χ4v) is 3.92. The highest BCUT2D eigenvalue weighted by Crippen LogP contribution is 2.39. The van der Waals surface area contributed by atoms with Crippen molar-refractivity contribution < 1.29 is 4.79 Å². The molecular weight excluding hydrogens is 383 g/mol. The summed E-state index contributed by atoms with van der Waals surface area (Å²) >= 11 is 0. The molecule has 0 atom stereocenters. The molecule has 0 unspecified atom stereocenters. The van der Waals surface area contributed by atoms with Gasteiger partial charge in [0.05, 0.1) is 6.20 Å². The van der Waals surface area contributed by atoms with Crippen molar-refractivity contribution in [1.29, 1.82) is 0 Å². The van der Waals surface area contributed by atoms with Gasteiger partial charge in [-0.15, -0.1) is 24.8 Å². The van der Waals surface area contributed by atoms with Crippen molar-refractivity contribution in [1.82, 2.24) is 14.7 Å². The van der Waals surface area contributed by atoms with Crippen LogP contribution in [0.1, 0.15) is 42.7 Å². The molecule has 0 bridgehead atoms. The number of likely N-dealkylation sites (tertiary alicyclic amines) is 1. The fourth-order valence-electron chi connectivity index (χ4n) is 3.92. The van der Waals surface area contributed by atoms with Crippen molar-refractivity contribution in [2.24, 2.45) is 5.73 Å². The number of halogens is 2. The van der Waals surface area contributed by atoms with Crippen LogP contribution in [-0.4, -0.2) is 40.2 Å². The van der Waals surface area contributed by atoms with E-state index in [1.165, 1.54) is 24.0 Å². The van der Waals surface area contributed by atoms with E-state index in [0.29, 0.717) is 19.0 Å². The van der Waals surface area contributed by atoms with Gasteiger partial charge in [-0.05, 0) is 42.7 Å². The van der Waals surface area contributed by atoms with E-state index in [2.05, 4.69) is 29.4 Å². The Hall–Kier alpha value is -1.56. The highest BCUT2D eigenvalue weighted by atomic mass is 35.5. The van der Waals surface area contributed by atoms with Crippen LogP contribution in [0.3, 0.4) is 0 Å². The number of carbonyl (C=O) groups excluding carboxylic acids is 1. The summed E-state index contributed by atoms with van der Waals surface area (Å²) < 4.78 is 1.79. The van der Waals surface area contributed by atoms with Crippen LogP contribution in [0.2, 0.25) is 0 Å². The van der Waals surface area contributed by atoms with Crippen LogP contribution < -0.4 is 5.73 Å². The van der Waals surface area contributed by atoms with Gasteiger partial charge in [0.2, 0.25) is 5.91 Å². The molecule has 2 fully saturated rings. The molecule has 0 spiro atoms. The molecule has 1 amide bonds. The van der Waals surface area contributed by atoms with E-state index in [0.717, 1.165) is 25.9 Å². The first kappa shape index (κ1) is 21.7.